The number of hydrogen-bond donors (Lipinski definition) is 0. The second kappa shape index (κ2) is 10.4. The van der Waals surface area contributed by atoms with E-state index in [0.717, 1.165) is 66.8 Å². The average molecular weight is 511 g/mol. The average Bonchev–Trinajstić information content (AvgIpc) is 3.05. The molecule has 2 heteroatoms. The molecular weight excluding hydrogens is 484 g/mol. The molecule has 0 atom stereocenters. The summed E-state index contributed by atoms with van der Waals surface area (Å²) < 4.78 is 0. The van der Waals surface area contributed by atoms with Crippen molar-refractivity contribution >= 4 is 11.0 Å². The molecule has 5 aromatic carbocycles. The second-order valence-electron chi connectivity index (χ2n) is 9.79. The van der Waals surface area contributed by atoms with E-state index in [0.29, 0.717) is 0 Å². The zero-order valence-corrected chi connectivity index (χ0v) is 21.9. The van der Waals surface area contributed by atoms with E-state index < -0.39 is 0 Å². The van der Waals surface area contributed by atoms with Gasteiger partial charge in [0, 0.05) is 39.4 Å². The monoisotopic (exact) mass is 510 g/mol. The largest absolute Gasteiger partial charge is 0.236 e. The number of rotatable bonds is 5. The Bertz CT molecular complexity index is 1900. The molecule has 0 aliphatic heterocycles. The summed E-state index contributed by atoms with van der Waals surface area (Å²) in [5, 5.41) is 1.05. The first-order valence-corrected chi connectivity index (χ1v) is 13.5. The number of aromatic nitrogens is 2. The van der Waals surface area contributed by atoms with Gasteiger partial charge in [-0.2, -0.15) is 0 Å². The first-order valence-electron chi connectivity index (χ1n) is 13.5. The molecule has 0 saturated heterocycles. The van der Waals surface area contributed by atoms with Crippen molar-refractivity contribution in [3.63, 3.8) is 0 Å². The van der Waals surface area contributed by atoms with E-state index in [-0.39, 0.29) is 0 Å². The maximum Gasteiger partial charge on any atom is 0.161 e. The van der Waals surface area contributed by atoms with Crippen LogP contribution < -0.4 is 0 Å². The summed E-state index contributed by atoms with van der Waals surface area (Å²) in [6.45, 7) is 0. The zero-order chi connectivity index (χ0) is 26.7. The van der Waals surface area contributed by atoms with Crippen LogP contribution in [0.2, 0.25) is 0 Å². The summed E-state index contributed by atoms with van der Waals surface area (Å²) >= 11 is 0. The van der Waals surface area contributed by atoms with E-state index in [1.165, 1.54) is 0 Å². The highest BCUT2D eigenvalue weighted by molar-refractivity contribution is 6.14. The van der Waals surface area contributed by atoms with Gasteiger partial charge in [0.1, 0.15) is 0 Å². The van der Waals surface area contributed by atoms with E-state index in [1.807, 2.05) is 12.3 Å². The van der Waals surface area contributed by atoms with Gasteiger partial charge in [-0.05, 0) is 22.3 Å². The lowest BCUT2D eigenvalue weighted by Gasteiger charge is -2.22. The fourth-order valence-electron chi connectivity index (χ4n) is 5.55. The third kappa shape index (κ3) is 4.26. The van der Waals surface area contributed by atoms with Crippen molar-refractivity contribution in [1.29, 1.82) is 0 Å². The predicted molar refractivity (Wildman–Crippen MR) is 167 cm³/mol. The Morgan fingerprint density at radius 1 is 0.350 bits per heavy atom. The van der Waals surface area contributed by atoms with Gasteiger partial charge in [0.05, 0.1) is 5.69 Å². The molecule has 0 aliphatic rings. The Morgan fingerprint density at radius 3 is 1.25 bits per heavy atom. The van der Waals surface area contributed by atoms with Gasteiger partial charge in [-0.3, -0.25) is 0 Å². The molecule has 0 amide bonds. The molecule has 0 fully saturated rings. The smallest absolute Gasteiger partial charge is 0.161 e. The van der Waals surface area contributed by atoms with Gasteiger partial charge >= 0.3 is 0 Å². The molecule has 2 heterocycles. The summed E-state index contributed by atoms with van der Waals surface area (Å²) in [6, 6.07) is 52.9. The van der Waals surface area contributed by atoms with E-state index in [4.69, 9.17) is 9.97 Å². The molecular formula is C38H26N2. The van der Waals surface area contributed by atoms with Crippen LogP contribution in [-0.4, -0.2) is 9.97 Å². The van der Waals surface area contributed by atoms with Crippen LogP contribution in [0.1, 0.15) is 0 Å². The van der Waals surface area contributed by atoms with Crippen molar-refractivity contribution in [3.05, 3.63) is 158 Å². The minimum Gasteiger partial charge on any atom is -0.236 e. The van der Waals surface area contributed by atoms with Crippen LogP contribution in [-0.2, 0) is 0 Å². The topological polar surface area (TPSA) is 25.8 Å². The van der Waals surface area contributed by atoms with Crippen molar-refractivity contribution in [2.75, 3.05) is 0 Å². The SMILES string of the molecule is c1ccc(-c2cnc3nc(-c4ccccc4)c(-c4ccccc4)c(-c4ccccc4)c3c2-c2ccccc2)cc1. The Balaban J connectivity index is 1.73. The molecule has 40 heavy (non-hydrogen) atoms. The van der Waals surface area contributed by atoms with Crippen molar-refractivity contribution in [1.82, 2.24) is 9.97 Å². The minimum atomic E-state index is 0.732. The molecule has 7 rings (SSSR count). The number of nitrogens with zero attached hydrogens (tertiary/aromatic N) is 2. The molecule has 0 saturated carbocycles. The molecule has 0 bridgehead atoms. The Hall–Kier alpha value is -5.34. The van der Waals surface area contributed by atoms with Gasteiger partial charge in [-0.15, -0.1) is 0 Å². The first kappa shape index (κ1) is 23.8. The maximum absolute atomic E-state index is 5.32. The molecule has 0 radical (unpaired) electrons. The van der Waals surface area contributed by atoms with E-state index in [1.54, 1.807) is 0 Å². The van der Waals surface area contributed by atoms with Gasteiger partial charge < -0.3 is 0 Å². The molecule has 0 spiro atoms. The predicted octanol–water partition coefficient (Wildman–Crippen LogP) is 9.96. The fourth-order valence-corrected chi connectivity index (χ4v) is 5.55. The van der Waals surface area contributed by atoms with Crippen LogP contribution in [0.3, 0.4) is 0 Å². The van der Waals surface area contributed by atoms with Gasteiger partial charge in [0.25, 0.3) is 0 Å². The number of hydrogen-bond acceptors (Lipinski definition) is 2. The number of benzene rings is 5. The number of fused-ring (bicyclic) bond motifs is 1. The fraction of sp³-hybridized carbons (Fsp3) is 0. The molecule has 0 unspecified atom stereocenters. The van der Waals surface area contributed by atoms with Crippen molar-refractivity contribution in [2.45, 2.75) is 0 Å². The van der Waals surface area contributed by atoms with Gasteiger partial charge in [0.2, 0.25) is 0 Å². The van der Waals surface area contributed by atoms with Crippen molar-refractivity contribution in [3.8, 4) is 55.8 Å². The highest BCUT2D eigenvalue weighted by Crippen LogP contribution is 2.47. The van der Waals surface area contributed by atoms with Crippen molar-refractivity contribution < 1.29 is 0 Å². The van der Waals surface area contributed by atoms with E-state index in [9.17, 15) is 0 Å². The summed E-state index contributed by atoms with van der Waals surface area (Å²) in [6.07, 6.45) is 1.98. The summed E-state index contributed by atoms with van der Waals surface area (Å²) in [7, 11) is 0. The molecule has 0 N–H and O–H groups in total. The number of pyridine rings is 2. The van der Waals surface area contributed by atoms with Gasteiger partial charge in [-0.1, -0.05) is 152 Å². The normalized spacial score (nSPS) is 11.0. The molecule has 0 aliphatic carbocycles. The highest BCUT2D eigenvalue weighted by Gasteiger charge is 2.24. The summed E-state index contributed by atoms with van der Waals surface area (Å²) in [4.78, 5) is 10.4. The first-order chi connectivity index (χ1) is 19.9. The summed E-state index contributed by atoms with van der Waals surface area (Å²) in [5.41, 5.74) is 11.7. The lowest BCUT2D eigenvalue weighted by Crippen LogP contribution is -2.00. The molecule has 188 valence electrons. The quantitative estimate of drug-likeness (QED) is 0.230. The maximum atomic E-state index is 5.32. The molecule has 7 aromatic rings. The van der Waals surface area contributed by atoms with E-state index >= 15 is 0 Å². The lowest BCUT2D eigenvalue weighted by atomic mass is 9.84. The third-order valence-corrected chi connectivity index (χ3v) is 7.33. The second-order valence-corrected chi connectivity index (χ2v) is 9.79. The van der Waals surface area contributed by atoms with Gasteiger partial charge in [0.15, 0.2) is 5.65 Å². The Morgan fingerprint density at radius 2 is 0.750 bits per heavy atom. The van der Waals surface area contributed by atoms with E-state index in [2.05, 4.69) is 146 Å². The zero-order valence-electron chi connectivity index (χ0n) is 21.9. The van der Waals surface area contributed by atoms with Crippen LogP contribution >= 0.6 is 0 Å². The van der Waals surface area contributed by atoms with Crippen LogP contribution in [0.4, 0.5) is 0 Å². The van der Waals surface area contributed by atoms with Crippen LogP contribution in [0, 0.1) is 0 Å². The molecule has 2 nitrogen and oxygen atoms in total. The van der Waals surface area contributed by atoms with Crippen molar-refractivity contribution in [2.24, 2.45) is 0 Å². The summed E-state index contributed by atoms with van der Waals surface area (Å²) in [5.74, 6) is 0. The van der Waals surface area contributed by atoms with Gasteiger partial charge in [-0.25, -0.2) is 9.97 Å². The molecule has 2 aromatic heterocycles. The van der Waals surface area contributed by atoms with Crippen LogP contribution in [0.15, 0.2) is 158 Å². The highest BCUT2D eigenvalue weighted by atomic mass is 14.9. The van der Waals surface area contributed by atoms with Crippen LogP contribution in [0.25, 0.3) is 66.8 Å². The Labute approximate surface area is 234 Å². The van der Waals surface area contributed by atoms with Crippen LogP contribution in [0.5, 0.6) is 0 Å². The lowest BCUT2D eigenvalue weighted by molar-refractivity contribution is 1.29. The Kier molecular flexibility index (Phi) is 6.20. The standard InChI is InChI=1S/C38H26N2/c1-6-16-27(17-7-1)32-26-39-38-36(33(32)28-18-8-2-9-19-28)34(29-20-10-3-11-21-29)35(30-22-12-4-13-23-30)37(40-38)31-24-14-5-15-25-31/h1-26H. The minimum absolute atomic E-state index is 0.732. The third-order valence-electron chi connectivity index (χ3n) is 7.33.